The molecule has 9 heavy (non-hydrogen) atoms. The molecule has 0 spiro atoms. The van der Waals surface area contributed by atoms with Gasteiger partial charge in [-0.1, -0.05) is 0 Å². The van der Waals surface area contributed by atoms with Gasteiger partial charge in [0.25, 0.3) is 0 Å². The van der Waals surface area contributed by atoms with E-state index in [4.69, 9.17) is 4.42 Å². The SMILES string of the molecule is Brc1oc(Br)c(Br)c1Br. The smallest absolute Gasteiger partial charge is 0.186 e. The van der Waals surface area contributed by atoms with E-state index in [1.807, 2.05) is 0 Å². The summed E-state index contributed by atoms with van der Waals surface area (Å²) in [6.07, 6.45) is 0. The van der Waals surface area contributed by atoms with Crippen molar-refractivity contribution in [1.29, 1.82) is 0 Å². The zero-order valence-electron chi connectivity index (χ0n) is 3.92. The second-order valence-electron chi connectivity index (χ2n) is 1.28. The molecule has 0 amide bonds. The Morgan fingerprint density at radius 1 is 0.778 bits per heavy atom. The second-order valence-corrected chi connectivity index (χ2v) is 4.30. The molecule has 0 saturated carbocycles. The molecule has 50 valence electrons. The van der Waals surface area contributed by atoms with Crippen LogP contribution in [0.2, 0.25) is 0 Å². The van der Waals surface area contributed by atoms with Crippen molar-refractivity contribution in [2.24, 2.45) is 0 Å². The van der Waals surface area contributed by atoms with E-state index in [1.165, 1.54) is 0 Å². The summed E-state index contributed by atoms with van der Waals surface area (Å²) >= 11 is 13.0. The van der Waals surface area contributed by atoms with Crippen LogP contribution in [0.25, 0.3) is 0 Å². The van der Waals surface area contributed by atoms with Crippen molar-refractivity contribution in [2.45, 2.75) is 0 Å². The van der Waals surface area contributed by atoms with Crippen molar-refractivity contribution in [3.8, 4) is 0 Å². The van der Waals surface area contributed by atoms with E-state index in [2.05, 4.69) is 63.7 Å². The highest BCUT2D eigenvalue weighted by molar-refractivity contribution is 9.15. The van der Waals surface area contributed by atoms with Crippen LogP contribution in [-0.4, -0.2) is 0 Å². The molecule has 0 N–H and O–H groups in total. The molecule has 0 aliphatic rings. The first-order chi connectivity index (χ1) is 4.13. The highest BCUT2D eigenvalue weighted by Gasteiger charge is 2.10. The normalized spacial score (nSPS) is 10.2. The Morgan fingerprint density at radius 2 is 1.11 bits per heavy atom. The summed E-state index contributed by atoms with van der Waals surface area (Å²) in [5.74, 6) is 0. The van der Waals surface area contributed by atoms with Crippen molar-refractivity contribution >= 4 is 63.7 Å². The van der Waals surface area contributed by atoms with Crippen LogP contribution in [-0.2, 0) is 0 Å². The zero-order valence-corrected chi connectivity index (χ0v) is 10.3. The highest BCUT2D eigenvalue weighted by Crippen LogP contribution is 2.39. The van der Waals surface area contributed by atoms with Crippen LogP contribution in [0.5, 0.6) is 0 Å². The van der Waals surface area contributed by atoms with Crippen LogP contribution >= 0.6 is 63.7 Å². The minimum atomic E-state index is 0.682. The maximum Gasteiger partial charge on any atom is 0.186 e. The van der Waals surface area contributed by atoms with E-state index in [1.54, 1.807) is 0 Å². The van der Waals surface area contributed by atoms with Gasteiger partial charge in [0.1, 0.15) is 0 Å². The third-order valence-corrected chi connectivity index (χ3v) is 4.94. The molecular weight excluding hydrogens is 384 g/mol. The van der Waals surface area contributed by atoms with Gasteiger partial charge in [0.2, 0.25) is 0 Å². The maximum atomic E-state index is 5.08. The van der Waals surface area contributed by atoms with E-state index in [0.29, 0.717) is 9.34 Å². The molecule has 0 saturated heterocycles. The Labute approximate surface area is 85.7 Å². The molecule has 1 aromatic rings. The predicted molar refractivity (Wildman–Crippen MR) is 49.5 cm³/mol. The summed E-state index contributed by atoms with van der Waals surface area (Å²) in [5, 5.41) is 0. The lowest BCUT2D eigenvalue weighted by atomic mass is 10.7. The second kappa shape index (κ2) is 3.07. The molecule has 5 heteroatoms. The van der Waals surface area contributed by atoms with Crippen LogP contribution in [0.4, 0.5) is 0 Å². The number of hydrogen-bond acceptors (Lipinski definition) is 1. The summed E-state index contributed by atoms with van der Waals surface area (Å²) in [6, 6.07) is 0. The predicted octanol–water partition coefficient (Wildman–Crippen LogP) is 4.33. The average Bonchev–Trinajstić information content (AvgIpc) is 1.98. The van der Waals surface area contributed by atoms with Gasteiger partial charge in [-0.2, -0.15) is 0 Å². The molecule has 1 aromatic heterocycles. The third-order valence-electron chi connectivity index (χ3n) is 0.717. The third kappa shape index (κ3) is 1.61. The lowest BCUT2D eigenvalue weighted by Gasteiger charge is -1.78. The number of halogens is 4. The Morgan fingerprint density at radius 3 is 1.22 bits per heavy atom. The first kappa shape index (κ1) is 8.30. The minimum Gasteiger partial charge on any atom is -0.440 e. The molecule has 0 radical (unpaired) electrons. The van der Waals surface area contributed by atoms with Crippen LogP contribution < -0.4 is 0 Å². The molecular formula is C4Br4O. The van der Waals surface area contributed by atoms with Gasteiger partial charge >= 0.3 is 0 Å². The molecule has 0 atom stereocenters. The molecule has 0 aromatic carbocycles. The van der Waals surface area contributed by atoms with Gasteiger partial charge < -0.3 is 4.42 Å². The Bertz CT molecular complexity index is 206. The van der Waals surface area contributed by atoms with E-state index in [-0.39, 0.29) is 0 Å². The minimum absolute atomic E-state index is 0.682. The largest absolute Gasteiger partial charge is 0.440 e. The Hall–Kier alpha value is 1.20. The van der Waals surface area contributed by atoms with Gasteiger partial charge in [-0.15, -0.1) is 0 Å². The summed E-state index contributed by atoms with van der Waals surface area (Å²) < 4.78 is 8.22. The fourth-order valence-electron chi connectivity index (χ4n) is 0.341. The van der Waals surface area contributed by atoms with Gasteiger partial charge in [-0.25, -0.2) is 0 Å². The lowest BCUT2D eigenvalue weighted by molar-refractivity contribution is 0.513. The number of rotatable bonds is 0. The standard InChI is InChI=1S/C4Br4O/c5-1-2(6)4(8)9-3(1)7. The van der Waals surface area contributed by atoms with Crippen LogP contribution in [0.3, 0.4) is 0 Å². The first-order valence-corrected chi connectivity index (χ1v) is 5.09. The first-order valence-electron chi connectivity index (χ1n) is 1.91. The van der Waals surface area contributed by atoms with Gasteiger partial charge in [0.05, 0.1) is 8.95 Å². The van der Waals surface area contributed by atoms with Crippen molar-refractivity contribution in [2.75, 3.05) is 0 Å². The molecule has 1 heterocycles. The fourth-order valence-corrected chi connectivity index (χ4v) is 2.33. The molecule has 0 unspecified atom stereocenters. The summed E-state index contributed by atoms with van der Waals surface area (Å²) in [6.45, 7) is 0. The molecule has 0 bridgehead atoms. The molecule has 0 aliphatic carbocycles. The summed E-state index contributed by atoms with van der Waals surface area (Å²) in [5.41, 5.74) is 0. The molecule has 1 rings (SSSR count). The Kier molecular flexibility index (Phi) is 2.83. The maximum absolute atomic E-state index is 5.08. The van der Waals surface area contributed by atoms with E-state index in [9.17, 15) is 0 Å². The zero-order chi connectivity index (χ0) is 7.02. The monoisotopic (exact) mass is 380 g/mol. The van der Waals surface area contributed by atoms with Crippen LogP contribution in [0.1, 0.15) is 0 Å². The van der Waals surface area contributed by atoms with Gasteiger partial charge in [-0.3, -0.25) is 0 Å². The van der Waals surface area contributed by atoms with Crippen molar-refractivity contribution in [3.05, 3.63) is 18.3 Å². The van der Waals surface area contributed by atoms with Crippen LogP contribution in [0.15, 0.2) is 22.7 Å². The van der Waals surface area contributed by atoms with E-state index < -0.39 is 0 Å². The average molecular weight is 384 g/mol. The van der Waals surface area contributed by atoms with Crippen LogP contribution in [0, 0.1) is 0 Å². The molecule has 0 fully saturated rings. The van der Waals surface area contributed by atoms with Crippen molar-refractivity contribution in [1.82, 2.24) is 0 Å². The van der Waals surface area contributed by atoms with Gasteiger partial charge in [0.15, 0.2) is 9.34 Å². The van der Waals surface area contributed by atoms with Crippen molar-refractivity contribution in [3.63, 3.8) is 0 Å². The van der Waals surface area contributed by atoms with Crippen molar-refractivity contribution < 1.29 is 4.42 Å². The Balaban J connectivity index is 3.29. The summed E-state index contributed by atoms with van der Waals surface area (Å²) in [4.78, 5) is 0. The topological polar surface area (TPSA) is 13.1 Å². The molecule has 1 nitrogen and oxygen atoms in total. The highest BCUT2D eigenvalue weighted by atomic mass is 79.9. The quantitative estimate of drug-likeness (QED) is 0.650. The molecule has 0 aliphatic heterocycles. The lowest BCUT2D eigenvalue weighted by Crippen LogP contribution is -1.54. The number of hydrogen-bond donors (Lipinski definition) is 0. The summed E-state index contributed by atoms with van der Waals surface area (Å²) in [7, 11) is 0. The van der Waals surface area contributed by atoms with Gasteiger partial charge in [-0.05, 0) is 63.7 Å². The van der Waals surface area contributed by atoms with Gasteiger partial charge in [0, 0.05) is 0 Å². The van der Waals surface area contributed by atoms with E-state index >= 15 is 0 Å². The number of furan rings is 1. The van der Waals surface area contributed by atoms with E-state index in [0.717, 1.165) is 8.95 Å². The fraction of sp³-hybridized carbons (Fsp3) is 0.